The van der Waals surface area contributed by atoms with Crippen molar-refractivity contribution >= 4 is 38.9 Å². The van der Waals surface area contributed by atoms with Crippen LogP contribution in [0.2, 0.25) is 5.02 Å². The Morgan fingerprint density at radius 3 is 2.74 bits per heavy atom. The molecule has 0 fully saturated rings. The van der Waals surface area contributed by atoms with Gasteiger partial charge in [0.15, 0.2) is 0 Å². The third kappa shape index (κ3) is 5.14. The minimum atomic E-state index is -3.39. The second-order valence-electron chi connectivity index (χ2n) is 6.54. The molecule has 0 radical (unpaired) electrons. The predicted octanol–water partition coefficient (Wildman–Crippen LogP) is 2.89. The zero-order valence-electron chi connectivity index (χ0n) is 15.0. The number of rotatable bonds is 7. The summed E-state index contributed by atoms with van der Waals surface area (Å²) in [6.45, 7) is 2.42. The number of halogens is 1. The van der Waals surface area contributed by atoms with Crippen LogP contribution in [0, 0.1) is 0 Å². The number of hydrogen-bond donors (Lipinski definition) is 2. The van der Waals surface area contributed by atoms with Crippen molar-refractivity contribution in [1.82, 2.24) is 5.32 Å². The minimum absolute atomic E-state index is 0.203. The Bertz CT molecular complexity index is 947. The zero-order valence-corrected chi connectivity index (χ0v) is 16.6. The number of carbonyl (C=O) groups excluding carboxylic acids is 1. The summed E-state index contributed by atoms with van der Waals surface area (Å²) in [6.07, 6.45) is 2.94. The highest BCUT2D eigenvalue weighted by Gasteiger charge is 2.17. The quantitative estimate of drug-likeness (QED) is 0.692. The number of fused-ring (bicyclic) bond motifs is 1. The van der Waals surface area contributed by atoms with Crippen LogP contribution in [0.25, 0.3) is 0 Å². The van der Waals surface area contributed by atoms with Crippen LogP contribution in [0.15, 0.2) is 42.5 Å². The first-order valence-corrected chi connectivity index (χ1v) is 11.0. The van der Waals surface area contributed by atoms with Gasteiger partial charge in [0.05, 0.1) is 16.8 Å². The largest absolute Gasteiger partial charge is 0.371 e. The standard InChI is InChI=1S/C19H22ClN3O3S/c1-27(25,26)22-15-7-8-16(17(20)13-15)19(24)21-10-4-11-23-12-9-14-5-2-3-6-18(14)23/h2-3,5-8,13,22H,4,9-12H2,1H3,(H,21,24). The summed E-state index contributed by atoms with van der Waals surface area (Å²) in [7, 11) is -3.39. The Morgan fingerprint density at radius 1 is 1.22 bits per heavy atom. The van der Waals surface area contributed by atoms with E-state index in [-0.39, 0.29) is 10.9 Å². The number of nitrogens with zero attached hydrogens (tertiary/aromatic N) is 1. The number of sulfonamides is 1. The first-order chi connectivity index (χ1) is 12.8. The fourth-order valence-corrected chi connectivity index (χ4v) is 4.00. The molecular weight excluding hydrogens is 386 g/mol. The maximum absolute atomic E-state index is 12.3. The average Bonchev–Trinajstić information content (AvgIpc) is 3.00. The Labute approximate surface area is 164 Å². The lowest BCUT2D eigenvalue weighted by atomic mass is 10.2. The van der Waals surface area contributed by atoms with E-state index in [0.717, 1.165) is 32.2 Å². The van der Waals surface area contributed by atoms with Gasteiger partial charge in [0.1, 0.15) is 0 Å². The molecule has 0 spiro atoms. The number of para-hydroxylation sites is 1. The second-order valence-corrected chi connectivity index (χ2v) is 8.70. The van der Waals surface area contributed by atoms with Gasteiger partial charge in [-0.1, -0.05) is 29.8 Å². The number of carbonyl (C=O) groups is 1. The molecule has 0 saturated heterocycles. The van der Waals surface area contributed by atoms with Gasteiger partial charge in [0.25, 0.3) is 5.91 Å². The minimum Gasteiger partial charge on any atom is -0.371 e. The molecule has 3 rings (SSSR count). The van der Waals surface area contributed by atoms with Crippen LogP contribution in [-0.4, -0.2) is 40.2 Å². The highest BCUT2D eigenvalue weighted by Crippen LogP contribution is 2.27. The van der Waals surface area contributed by atoms with Crippen molar-refractivity contribution in [3.8, 4) is 0 Å². The molecule has 6 nitrogen and oxygen atoms in total. The lowest BCUT2D eigenvalue weighted by molar-refractivity contribution is 0.0953. The van der Waals surface area contributed by atoms with Crippen molar-refractivity contribution in [2.45, 2.75) is 12.8 Å². The fourth-order valence-electron chi connectivity index (χ4n) is 3.18. The van der Waals surface area contributed by atoms with E-state index in [2.05, 4.69) is 33.1 Å². The smallest absolute Gasteiger partial charge is 0.252 e. The molecule has 1 amide bonds. The third-order valence-electron chi connectivity index (χ3n) is 4.39. The number of nitrogens with one attached hydrogen (secondary N) is 2. The van der Waals surface area contributed by atoms with Crippen molar-refractivity contribution in [2.75, 3.05) is 35.5 Å². The summed E-state index contributed by atoms with van der Waals surface area (Å²) in [5, 5.41) is 3.07. The SMILES string of the molecule is CS(=O)(=O)Nc1ccc(C(=O)NCCCN2CCc3ccccc32)c(Cl)c1. The summed E-state index contributed by atoms with van der Waals surface area (Å²) in [6, 6.07) is 12.9. The van der Waals surface area contributed by atoms with Crippen LogP contribution in [0.5, 0.6) is 0 Å². The van der Waals surface area contributed by atoms with Crippen molar-refractivity contribution in [2.24, 2.45) is 0 Å². The van der Waals surface area contributed by atoms with Crippen molar-refractivity contribution < 1.29 is 13.2 Å². The van der Waals surface area contributed by atoms with Gasteiger partial charge >= 0.3 is 0 Å². The maximum atomic E-state index is 12.3. The number of amides is 1. The molecule has 144 valence electrons. The molecule has 1 aliphatic rings. The molecule has 27 heavy (non-hydrogen) atoms. The van der Waals surface area contributed by atoms with Gasteiger partial charge in [-0.2, -0.15) is 0 Å². The Morgan fingerprint density at radius 2 is 2.00 bits per heavy atom. The van der Waals surface area contributed by atoms with E-state index in [1.165, 1.54) is 29.4 Å². The molecule has 0 atom stereocenters. The van der Waals surface area contributed by atoms with Crippen LogP contribution in [-0.2, 0) is 16.4 Å². The monoisotopic (exact) mass is 407 g/mol. The fraction of sp³-hybridized carbons (Fsp3) is 0.316. The second kappa shape index (κ2) is 8.19. The van der Waals surface area contributed by atoms with E-state index >= 15 is 0 Å². The van der Waals surface area contributed by atoms with E-state index in [0.29, 0.717) is 17.8 Å². The molecule has 8 heteroatoms. The van der Waals surface area contributed by atoms with Gasteiger partial charge in [-0.05, 0) is 42.7 Å². The summed E-state index contributed by atoms with van der Waals surface area (Å²) in [5.41, 5.74) is 3.30. The van der Waals surface area contributed by atoms with Gasteiger partial charge < -0.3 is 10.2 Å². The molecule has 0 bridgehead atoms. The number of anilines is 2. The summed E-state index contributed by atoms with van der Waals surface area (Å²) < 4.78 is 24.8. The van der Waals surface area contributed by atoms with Gasteiger partial charge in [-0.15, -0.1) is 0 Å². The zero-order chi connectivity index (χ0) is 19.4. The van der Waals surface area contributed by atoms with Crippen molar-refractivity contribution in [3.63, 3.8) is 0 Å². The van der Waals surface area contributed by atoms with Crippen LogP contribution < -0.4 is 14.9 Å². The molecule has 2 aromatic carbocycles. The van der Waals surface area contributed by atoms with Crippen LogP contribution in [0.4, 0.5) is 11.4 Å². The molecular formula is C19H22ClN3O3S. The molecule has 0 unspecified atom stereocenters. The Hall–Kier alpha value is -2.25. The first-order valence-electron chi connectivity index (χ1n) is 8.72. The van der Waals surface area contributed by atoms with E-state index < -0.39 is 10.0 Å². The van der Waals surface area contributed by atoms with Gasteiger partial charge in [0.2, 0.25) is 10.0 Å². The summed E-state index contributed by atoms with van der Waals surface area (Å²) >= 11 is 6.12. The van der Waals surface area contributed by atoms with Crippen LogP contribution >= 0.6 is 11.6 Å². The number of hydrogen-bond acceptors (Lipinski definition) is 4. The van der Waals surface area contributed by atoms with Gasteiger partial charge in [-0.25, -0.2) is 8.42 Å². The lowest BCUT2D eigenvalue weighted by Crippen LogP contribution is -2.29. The van der Waals surface area contributed by atoms with Crippen molar-refractivity contribution in [3.05, 3.63) is 58.6 Å². The number of benzene rings is 2. The topological polar surface area (TPSA) is 78.5 Å². The molecule has 0 aromatic heterocycles. The highest BCUT2D eigenvalue weighted by atomic mass is 35.5. The van der Waals surface area contributed by atoms with E-state index in [1.54, 1.807) is 0 Å². The Kier molecular flexibility index (Phi) is 5.92. The summed E-state index contributed by atoms with van der Waals surface area (Å²) in [4.78, 5) is 14.6. The maximum Gasteiger partial charge on any atom is 0.252 e. The first kappa shape index (κ1) is 19.5. The average molecular weight is 408 g/mol. The van der Waals surface area contributed by atoms with E-state index in [9.17, 15) is 13.2 Å². The molecule has 1 heterocycles. The van der Waals surface area contributed by atoms with Gasteiger partial charge in [0, 0.05) is 31.0 Å². The lowest BCUT2D eigenvalue weighted by Gasteiger charge is -2.19. The predicted molar refractivity (Wildman–Crippen MR) is 109 cm³/mol. The van der Waals surface area contributed by atoms with E-state index in [4.69, 9.17) is 11.6 Å². The normalized spacial score (nSPS) is 13.3. The summed E-state index contributed by atoms with van der Waals surface area (Å²) in [5.74, 6) is -0.271. The highest BCUT2D eigenvalue weighted by molar-refractivity contribution is 7.92. The molecule has 1 aliphatic heterocycles. The molecule has 2 N–H and O–H groups in total. The van der Waals surface area contributed by atoms with Crippen molar-refractivity contribution in [1.29, 1.82) is 0 Å². The van der Waals surface area contributed by atoms with Gasteiger partial charge in [-0.3, -0.25) is 9.52 Å². The molecule has 2 aromatic rings. The Balaban J connectivity index is 1.50. The molecule has 0 saturated carbocycles. The van der Waals surface area contributed by atoms with E-state index in [1.807, 2.05) is 6.07 Å². The van der Waals surface area contributed by atoms with Crippen LogP contribution in [0.1, 0.15) is 22.3 Å². The van der Waals surface area contributed by atoms with Crippen LogP contribution in [0.3, 0.4) is 0 Å². The molecule has 0 aliphatic carbocycles. The third-order valence-corrected chi connectivity index (χ3v) is 5.31.